The van der Waals surface area contributed by atoms with Gasteiger partial charge in [-0.15, -0.1) is 0 Å². The average molecular weight is 174 g/mol. The molecule has 1 saturated carbocycles. The van der Waals surface area contributed by atoms with E-state index in [2.05, 4.69) is 31.2 Å². The molecule has 1 N–H and O–H groups in total. The van der Waals surface area contributed by atoms with Crippen LogP contribution in [0.4, 0.5) is 0 Å². The first-order valence-electron chi connectivity index (χ1n) is 4.91. The van der Waals surface area contributed by atoms with E-state index in [1.165, 1.54) is 17.5 Å². The second kappa shape index (κ2) is 1.98. The van der Waals surface area contributed by atoms with Crippen LogP contribution in [-0.2, 0) is 11.8 Å². The van der Waals surface area contributed by atoms with Crippen LogP contribution in [0.2, 0.25) is 0 Å². The molecular weight excluding hydrogens is 160 g/mol. The van der Waals surface area contributed by atoms with Crippen LogP contribution in [0.1, 0.15) is 24.5 Å². The van der Waals surface area contributed by atoms with Crippen molar-refractivity contribution in [2.45, 2.75) is 25.2 Å². The molecule has 1 aromatic carbocycles. The van der Waals surface area contributed by atoms with Crippen molar-refractivity contribution in [1.82, 2.24) is 0 Å². The Morgan fingerprint density at radius 3 is 2.85 bits per heavy atom. The van der Waals surface area contributed by atoms with Crippen molar-refractivity contribution in [3.63, 3.8) is 0 Å². The van der Waals surface area contributed by atoms with Crippen molar-refractivity contribution in [2.24, 2.45) is 5.41 Å². The molecule has 2 atom stereocenters. The van der Waals surface area contributed by atoms with Gasteiger partial charge in [-0.25, -0.2) is 0 Å². The molecule has 1 nitrogen and oxygen atoms in total. The molecule has 13 heavy (non-hydrogen) atoms. The summed E-state index contributed by atoms with van der Waals surface area (Å²) < 4.78 is 0. The van der Waals surface area contributed by atoms with Crippen molar-refractivity contribution in [3.05, 3.63) is 35.4 Å². The highest BCUT2D eigenvalue weighted by Crippen LogP contribution is 2.70. The number of fused-ring (bicyclic) bond motifs is 3. The lowest BCUT2D eigenvalue weighted by Gasteiger charge is -2.10. The zero-order valence-corrected chi connectivity index (χ0v) is 7.88. The Balaban J connectivity index is 2.15. The van der Waals surface area contributed by atoms with Gasteiger partial charge in [0.05, 0.1) is 0 Å². The molecule has 3 rings (SSSR count). The van der Waals surface area contributed by atoms with Crippen LogP contribution in [0.15, 0.2) is 24.3 Å². The first-order chi connectivity index (χ1) is 6.22. The molecule has 0 heterocycles. The van der Waals surface area contributed by atoms with Crippen LogP contribution in [0.3, 0.4) is 0 Å². The molecule has 1 aromatic rings. The van der Waals surface area contributed by atoms with Gasteiger partial charge >= 0.3 is 0 Å². The standard InChI is InChI=1S/C12H14O/c1-11-7-12(11,8-13)6-9-4-2-3-5-10(9)11/h2-5,13H,6-8H2,1H3. The van der Waals surface area contributed by atoms with Gasteiger partial charge in [-0.2, -0.15) is 0 Å². The zero-order chi connectivity index (χ0) is 9.10. The maximum atomic E-state index is 9.40. The summed E-state index contributed by atoms with van der Waals surface area (Å²) in [5.74, 6) is 0. The van der Waals surface area contributed by atoms with Crippen LogP contribution < -0.4 is 0 Å². The maximum Gasteiger partial charge on any atom is 0.0499 e. The molecule has 0 saturated heterocycles. The summed E-state index contributed by atoms with van der Waals surface area (Å²) in [6.07, 6.45) is 2.25. The van der Waals surface area contributed by atoms with Gasteiger partial charge in [-0.3, -0.25) is 0 Å². The Morgan fingerprint density at radius 2 is 2.15 bits per heavy atom. The lowest BCUT2D eigenvalue weighted by atomic mass is 9.95. The minimum atomic E-state index is 0.205. The third kappa shape index (κ3) is 0.682. The van der Waals surface area contributed by atoms with E-state index in [0.29, 0.717) is 12.0 Å². The number of aliphatic hydroxyl groups excluding tert-OH is 1. The lowest BCUT2D eigenvalue weighted by Crippen LogP contribution is -2.14. The lowest BCUT2D eigenvalue weighted by molar-refractivity contribution is 0.200. The van der Waals surface area contributed by atoms with E-state index in [1.807, 2.05) is 0 Å². The third-order valence-electron chi connectivity index (χ3n) is 4.18. The summed E-state index contributed by atoms with van der Waals surface area (Å²) >= 11 is 0. The fourth-order valence-corrected chi connectivity index (χ4v) is 3.13. The number of rotatable bonds is 1. The highest BCUT2D eigenvalue weighted by atomic mass is 16.3. The summed E-state index contributed by atoms with van der Waals surface area (Å²) in [5.41, 5.74) is 3.42. The van der Waals surface area contributed by atoms with Crippen LogP contribution >= 0.6 is 0 Å². The van der Waals surface area contributed by atoms with Crippen LogP contribution in [0, 0.1) is 5.41 Å². The Bertz CT molecular complexity index is 371. The SMILES string of the molecule is CC12CC1(CO)Cc1ccccc12. The van der Waals surface area contributed by atoms with E-state index >= 15 is 0 Å². The number of hydrogen-bond donors (Lipinski definition) is 1. The number of aliphatic hydroxyl groups is 1. The predicted molar refractivity (Wildman–Crippen MR) is 51.6 cm³/mol. The Morgan fingerprint density at radius 1 is 1.38 bits per heavy atom. The second-order valence-electron chi connectivity index (χ2n) is 4.78. The molecule has 0 aliphatic heterocycles. The molecule has 0 aromatic heterocycles. The smallest absolute Gasteiger partial charge is 0.0499 e. The van der Waals surface area contributed by atoms with Crippen LogP contribution in [0.5, 0.6) is 0 Å². The summed E-state index contributed by atoms with van der Waals surface area (Å²) in [6, 6.07) is 8.62. The van der Waals surface area contributed by atoms with Crippen LogP contribution in [-0.4, -0.2) is 11.7 Å². The monoisotopic (exact) mass is 174 g/mol. The molecule has 0 spiro atoms. The van der Waals surface area contributed by atoms with Crippen molar-refractivity contribution in [2.75, 3.05) is 6.61 Å². The molecular formula is C12H14O. The van der Waals surface area contributed by atoms with E-state index in [1.54, 1.807) is 0 Å². The summed E-state index contributed by atoms with van der Waals surface area (Å²) in [5, 5.41) is 9.40. The van der Waals surface area contributed by atoms with Gasteiger partial charge in [0, 0.05) is 17.4 Å². The molecule has 1 heteroatoms. The minimum Gasteiger partial charge on any atom is -0.396 e. The highest BCUT2D eigenvalue weighted by Gasteiger charge is 2.68. The molecule has 0 radical (unpaired) electrons. The maximum absolute atomic E-state index is 9.40. The van der Waals surface area contributed by atoms with Gasteiger partial charge < -0.3 is 5.11 Å². The Kier molecular flexibility index (Phi) is 1.15. The van der Waals surface area contributed by atoms with Crippen molar-refractivity contribution in [3.8, 4) is 0 Å². The van der Waals surface area contributed by atoms with Crippen LogP contribution in [0.25, 0.3) is 0 Å². The summed E-state index contributed by atoms with van der Waals surface area (Å²) in [6.45, 7) is 2.63. The van der Waals surface area contributed by atoms with Crippen molar-refractivity contribution >= 4 is 0 Å². The zero-order valence-electron chi connectivity index (χ0n) is 7.88. The van der Waals surface area contributed by atoms with Gasteiger partial charge in [0.25, 0.3) is 0 Å². The Labute approximate surface area is 78.4 Å². The van der Waals surface area contributed by atoms with E-state index in [-0.39, 0.29) is 5.41 Å². The minimum absolute atomic E-state index is 0.205. The third-order valence-corrected chi connectivity index (χ3v) is 4.18. The van der Waals surface area contributed by atoms with Crippen molar-refractivity contribution < 1.29 is 5.11 Å². The van der Waals surface area contributed by atoms with E-state index in [0.717, 1.165) is 6.42 Å². The molecule has 0 amide bonds. The molecule has 2 aliphatic carbocycles. The quantitative estimate of drug-likeness (QED) is 0.689. The van der Waals surface area contributed by atoms with Gasteiger partial charge in [0.1, 0.15) is 0 Å². The topological polar surface area (TPSA) is 20.2 Å². The molecule has 0 bridgehead atoms. The number of benzene rings is 1. The summed E-state index contributed by atoms with van der Waals surface area (Å²) in [7, 11) is 0. The van der Waals surface area contributed by atoms with E-state index in [9.17, 15) is 5.11 Å². The summed E-state index contributed by atoms with van der Waals surface area (Å²) in [4.78, 5) is 0. The number of hydrogen-bond acceptors (Lipinski definition) is 1. The molecule has 68 valence electrons. The average Bonchev–Trinajstić information content (AvgIpc) is 2.67. The van der Waals surface area contributed by atoms with Gasteiger partial charge in [0.2, 0.25) is 0 Å². The van der Waals surface area contributed by atoms with Gasteiger partial charge in [-0.05, 0) is 24.0 Å². The van der Waals surface area contributed by atoms with Crippen molar-refractivity contribution in [1.29, 1.82) is 0 Å². The largest absolute Gasteiger partial charge is 0.396 e. The van der Waals surface area contributed by atoms with E-state index < -0.39 is 0 Å². The van der Waals surface area contributed by atoms with E-state index in [4.69, 9.17) is 0 Å². The highest BCUT2D eigenvalue weighted by molar-refractivity contribution is 5.50. The van der Waals surface area contributed by atoms with Gasteiger partial charge in [-0.1, -0.05) is 31.2 Å². The normalized spacial score (nSPS) is 39.8. The fraction of sp³-hybridized carbons (Fsp3) is 0.500. The van der Waals surface area contributed by atoms with Gasteiger partial charge in [0.15, 0.2) is 0 Å². The first kappa shape index (κ1) is 7.57. The first-order valence-corrected chi connectivity index (χ1v) is 4.91. The Hall–Kier alpha value is -0.820. The second-order valence-corrected chi connectivity index (χ2v) is 4.78. The fourth-order valence-electron chi connectivity index (χ4n) is 3.13. The molecule has 2 aliphatic rings. The molecule has 2 unspecified atom stereocenters. The molecule has 1 fully saturated rings. The predicted octanol–water partition coefficient (Wildman–Crippen LogP) is 1.88.